The maximum atomic E-state index is 13.7. The Morgan fingerprint density at radius 1 is 1.22 bits per heavy atom. The third-order valence-corrected chi connectivity index (χ3v) is 2.97. The molecule has 0 saturated heterocycles. The number of nitrogens with two attached hydrogens (primary N) is 1. The average molecular weight is 311 g/mol. The van der Waals surface area contributed by atoms with Gasteiger partial charge in [0, 0.05) is 22.3 Å². The van der Waals surface area contributed by atoms with Gasteiger partial charge in [-0.15, -0.1) is 0 Å². The molecule has 0 aliphatic carbocycles. The van der Waals surface area contributed by atoms with Gasteiger partial charge < -0.3 is 15.8 Å². The number of nitrogens with one attached hydrogen (secondary N) is 1. The molecule has 0 unspecified atom stereocenters. The molecule has 0 aromatic heterocycles. The smallest absolute Gasteiger partial charge is 0.148 e. The first kappa shape index (κ1) is 12.7. The zero-order valence-electron chi connectivity index (χ0n) is 9.71. The van der Waals surface area contributed by atoms with Crippen molar-refractivity contribution in [3.8, 4) is 5.75 Å². The zero-order chi connectivity index (χ0) is 13.1. The third-order valence-electron chi connectivity index (χ3n) is 2.44. The second-order valence-electron chi connectivity index (χ2n) is 3.71. The van der Waals surface area contributed by atoms with Crippen LogP contribution >= 0.6 is 15.9 Å². The molecule has 0 radical (unpaired) electrons. The molecule has 5 heteroatoms. The molecule has 0 aliphatic rings. The van der Waals surface area contributed by atoms with Crippen molar-refractivity contribution in [2.45, 2.75) is 0 Å². The molecule has 94 valence electrons. The first-order valence-electron chi connectivity index (χ1n) is 5.26. The van der Waals surface area contributed by atoms with Crippen molar-refractivity contribution >= 4 is 33.0 Å². The van der Waals surface area contributed by atoms with Crippen molar-refractivity contribution < 1.29 is 9.13 Å². The number of nitrogen functional groups attached to an aromatic ring is 1. The van der Waals surface area contributed by atoms with Crippen molar-refractivity contribution in [3.05, 3.63) is 46.7 Å². The molecule has 2 rings (SSSR count). The van der Waals surface area contributed by atoms with Gasteiger partial charge in [0.1, 0.15) is 11.6 Å². The second-order valence-corrected chi connectivity index (χ2v) is 4.62. The van der Waals surface area contributed by atoms with Crippen LogP contribution in [0.25, 0.3) is 0 Å². The van der Waals surface area contributed by atoms with Gasteiger partial charge in [-0.25, -0.2) is 4.39 Å². The minimum Gasteiger partial charge on any atom is -0.495 e. The van der Waals surface area contributed by atoms with Crippen LogP contribution < -0.4 is 15.8 Å². The summed E-state index contributed by atoms with van der Waals surface area (Å²) >= 11 is 3.34. The Morgan fingerprint density at radius 3 is 2.50 bits per heavy atom. The van der Waals surface area contributed by atoms with Crippen molar-refractivity contribution in [2.75, 3.05) is 18.2 Å². The van der Waals surface area contributed by atoms with E-state index in [1.807, 2.05) is 24.3 Å². The van der Waals surface area contributed by atoms with Crippen LogP contribution in [0.5, 0.6) is 5.75 Å². The first-order chi connectivity index (χ1) is 8.60. The number of rotatable bonds is 3. The highest BCUT2D eigenvalue weighted by atomic mass is 79.9. The highest BCUT2D eigenvalue weighted by Gasteiger charge is 2.08. The molecule has 0 spiro atoms. The molecule has 3 N–H and O–H groups in total. The number of hydrogen-bond acceptors (Lipinski definition) is 3. The maximum Gasteiger partial charge on any atom is 0.148 e. The van der Waals surface area contributed by atoms with E-state index >= 15 is 0 Å². The topological polar surface area (TPSA) is 47.3 Å². The number of anilines is 3. The Kier molecular flexibility index (Phi) is 3.72. The SMILES string of the molecule is COc1cc(Nc2ccc(Br)cc2)c(F)cc1N. The standard InChI is InChI=1S/C13H12BrFN2O/c1-18-13-7-12(10(15)6-11(13)16)17-9-4-2-8(14)3-5-9/h2-7,17H,16H2,1H3. The summed E-state index contributed by atoms with van der Waals surface area (Å²) in [6.07, 6.45) is 0. The molecule has 18 heavy (non-hydrogen) atoms. The summed E-state index contributed by atoms with van der Waals surface area (Å²) in [7, 11) is 1.49. The Morgan fingerprint density at radius 2 is 1.89 bits per heavy atom. The van der Waals surface area contributed by atoms with Gasteiger partial charge in [0.25, 0.3) is 0 Å². The summed E-state index contributed by atoms with van der Waals surface area (Å²) in [5, 5.41) is 2.97. The van der Waals surface area contributed by atoms with Crippen LogP contribution in [0.4, 0.5) is 21.5 Å². The number of halogens is 2. The molecule has 3 nitrogen and oxygen atoms in total. The minimum absolute atomic E-state index is 0.274. The fourth-order valence-corrected chi connectivity index (χ4v) is 1.79. The van der Waals surface area contributed by atoms with Gasteiger partial charge in [-0.3, -0.25) is 0 Å². The van der Waals surface area contributed by atoms with Gasteiger partial charge >= 0.3 is 0 Å². The lowest BCUT2D eigenvalue weighted by molar-refractivity contribution is 0.416. The summed E-state index contributed by atoms with van der Waals surface area (Å²) in [4.78, 5) is 0. The van der Waals surface area contributed by atoms with Gasteiger partial charge in [-0.1, -0.05) is 15.9 Å². The third kappa shape index (κ3) is 2.73. The molecular weight excluding hydrogens is 299 g/mol. The van der Waals surface area contributed by atoms with Gasteiger partial charge in [-0.05, 0) is 24.3 Å². The molecule has 0 heterocycles. The number of methoxy groups -OCH3 is 1. The lowest BCUT2D eigenvalue weighted by Gasteiger charge is -2.11. The van der Waals surface area contributed by atoms with E-state index in [4.69, 9.17) is 10.5 Å². The molecule has 0 atom stereocenters. The van der Waals surface area contributed by atoms with E-state index < -0.39 is 5.82 Å². The Labute approximate surface area is 113 Å². The van der Waals surface area contributed by atoms with E-state index in [1.54, 1.807) is 0 Å². The highest BCUT2D eigenvalue weighted by Crippen LogP contribution is 2.30. The molecule has 0 saturated carbocycles. The molecule has 2 aromatic rings. The summed E-state index contributed by atoms with van der Waals surface area (Å²) in [5.74, 6) is 0.0206. The van der Waals surface area contributed by atoms with Crippen LogP contribution in [0.1, 0.15) is 0 Å². The van der Waals surface area contributed by atoms with Crippen molar-refractivity contribution in [2.24, 2.45) is 0 Å². The van der Waals surface area contributed by atoms with Crippen molar-refractivity contribution in [3.63, 3.8) is 0 Å². The maximum absolute atomic E-state index is 13.7. The van der Waals surface area contributed by atoms with Crippen LogP contribution in [0.2, 0.25) is 0 Å². The summed E-state index contributed by atoms with van der Waals surface area (Å²) in [6, 6.07) is 10.2. The monoisotopic (exact) mass is 310 g/mol. The molecular formula is C13H12BrFN2O. The lowest BCUT2D eigenvalue weighted by atomic mass is 10.2. The predicted octanol–water partition coefficient (Wildman–Crippen LogP) is 3.92. The fraction of sp³-hybridized carbons (Fsp3) is 0.0769. The van der Waals surface area contributed by atoms with E-state index in [9.17, 15) is 4.39 Å². The van der Waals surface area contributed by atoms with Gasteiger partial charge in [0.15, 0.2) is 0 Å². The van der Waals surface area contributed by atoms with Gasteiger partial charge in [-0.2, -0.15) is 0 Å². The molecule has 0 amide bonds. The Hall–Kier alpha value is -1.75. The van der Waals surface area contributed by atoms with E-state index in [0.29, 0.717) is 11.4 Å². The Bertz CT molecular complexity index is 558. The van der Waals surface area contributed by atoms with E-state index in [2.05, 4.69) is 21.2 Å². The zero-order valence-corrected chi connectivity index (χ0v) is 11.3. The normalized spacial score (nSPS) is 10.2. The number of ether oxygens (including phenoxy) is 1. The minimum atomic E-state index is -0.420. The van der Waals surface area contributed by atoms with Crippen LogP contribution in [-0.4, -0.2) is 7.11 Å². The second kappa shape index (κ2) is 5.27. The largest absolute Gasteiger partial charge is 0.495 e. The van der Waals surface area contributed by atoms with Gasteiger partial charge in [0.05, 0.1) is 18.5 Å². The van der Waals surface area contributed by atoms with Crippen molar-refractivity contribution in [1.29, 1.82) is 0 Å². The van der Waals surface area contributed by atoms with E-state index in [0.717, 1.165) is 10.2 Å². The molecule has 2 aromatic carbocycles. The van der Waals surface area contributed by atoms with Crippen LogP contribution in [-0.2, 0) is 0 Å². The quantitative estimate of drug-likeness (QED) is 0.845. The predicted molar refractivity (Wildman–Crippen MR) is 74.8 cm³/mol. The highest BCUT2D eigenvalue weighted by molar-refractivity contribution is 9.10. The van der Waals surface area contributed by atoms with E-state index in [-0.39, 0.29) is 5.69 Å². The summed E-state index contributed by atoms with van der Waals surface area (Å²) in [5.41, 5.74) is 6.99. The number of benzene rings is 2. The summed E-state index contributed by atoms with van der Waals surface area (Å²) < 4.78 is 19.7. The van der Waals surface area contributed by atoms with Gasteiger partial charge in [0.2, 0.25) is 0 Å². The summed E-state index contributed by atoms with van der Waals surface area (Å²) in [6.45, 7) is 0. The lowest BCUT2D eigenvalue weighted by Crippen LogP contribution is -1.98. The average Bonchev–Trinajstić information content (AvgIpc) is 2.35. The first-order valence-corrected chi connectivity index (χ1v) is 6.05. The van der Waals surface area contributed by atoms with Crippen molar-refractivity contribution in [1.82, 2.24) is 0 Å². The molecule has 0 aliphatic heterocycles. The number of hydrogen-bond donors (Lipinski definition) is 2. The van der Waals surface area contributed by atoms with Crippen LogP contribution in [0.15, 0.2) is 40.9 Å². The molecule has 0 bridgehead atoms. The Balaban J connectivity index is 2.31. The van der Waals surface area contributed by atoms with Crippen LogP contribution in [0.3, 0.4) is 0 Å². The molecule has 0 fully saturated rings. The van der Waals surface area contributed by atoms with Crippen LogP contribution in [0, 0.1) is 5.82 Å². The van der Waals surface area contributed by atoms with E-state index in [1.165, 1.54) is 19.2 Å². The fourth-order valence-electron chi connectivity index (χ4n) is 1.53.